The van der Waals surface area contributed by atoms with Crippen molar-refractivity contribution in [3.05, 3.63) is 0 Å². The predicted molar refractivity (Wildman–Crippen MR) is 60.9 cm³/mol. The van der Waals surface area contributed by atoms with Crippen LogP contribution >= 0.6 is 0 Å². The third-order valence-electron chi connectivity index (χ3n) is 2.48. The number of carbonyl (C=O) groups is 1. The summed E-state index contributed by atoms with van der Waals surface area (Å²) in [6.45, 7) is 2.01. The van der Waals surface area contributed by atoms with Crippen molar-refractivity contribution in [2.45, 2.75) is 57.2 Å². The van der Waals surface area contributed by atoms with Gasteiger partial charge < -0.3 is 30.3 Å². The Kier molecular flexibility index (Phi) is 7.34. The van der Waals surface area contributed by atoms with Gasteiger partial charge >= 0.3 is 17.7 Å². The number of aliphatic hydroxyl groups is 5. The zero-order valence-electron chi connectivity index (χ0n) is 10.5. The van der Waals surface area contributed by atoms with E-state index in [2.05, 4.69) is 11.7 Å². The SMILES string of the molecule is CCCCCCCCOC(=O)C(O)(O)C(O)(O)O. The largest absolute Gasteiger partial charge is 0.461 e. The van der Waals surface area contributed by atoms with Crippen molar-refractivity contribution >= 4 is 5.97 Å². The molecule has 0 saturated carbocycles. The maximum absolute atomic E-state index is 11.0. The molecule has 0 aliphatic carbocycles. The van der Waals surface area contributed by atoms with E-state index >= 15 is 0 Å². The van der Waals surface area contributed by atoms with E-state index in [0.717, 1.165) is 32.1 Å². The van der Waals surface area contributed by atoms with E-state index in [0.29, 0.717) is 6.42 Å². The van der Waals surface area contributed by atoms with Gasteiger partial charge in [0.1, 0.15) is 0 Å². The molecule has 0 aromatic rings. The number of hydrogen-bond donors (Lipinski definition) is 5. The van der Waals surface area contributed by atoms with Crippen LogP contribution in [-0.2, 0) is 9.53 Å². The fraction of sp³-hybridized carbons (Fsp3) is 0.909. The molecule has 0 bridgehead atoms. The van der Waals surface area contributed by atoms with Crippen LogP contribution in [0.3, 0.4) is 0 Å². The van der Waals surface area contributed by atoms with Crippen LogP contribution in [0, 0.1) is 0 Å². The van der Waals surface area contributed by atoms with Crippen LogP contribution in [0.25, 0.3) is 0 Å². The van der Waals surface area contributed by atoms with Crippen LogP contribution < -0.4 is 0 Å². The van der Waals surface area contributed by atoms with Gasteiger partial charge in [0.05, 0.1) is 6.61 Å². The Morgan fingerprint density at radius 3 is 1.94 bits per heavy atom. The van der Waals surface area contributed by atoms with Gasteiger partial charge in [0.2, 0.25) is 0 Å². The Labute approximate surface area is 106 Å². The number of rotatable bonds is 9. The quantitative estimate of drug-likeness (QED) is 0.210. The Balaban J connectivity index is 3.78. The average Bonchev–Trinajstić information content (AvgIpc) is 2.26. The van der Waals surface area contributed by atoms with Gasteiger partial charge in [0, 0.05) is 0 Å². The molecule has 0 radical (unpaired) electrons. The lowest BCUT2D eigenvalue weighted by Crippen LogP contribution is -2.60. The highest BCUT2D eigenvalue weighted by Crippen LogP contribution is 2.16. The third-order valence-corrected chi connectivity index (χ3v) is 2.48. The minimum absolute atomic E-state index is 0.0795. The van der Waals surface area contributed by atoms with Crippen molar-refractivity contribution in [2.75, 3.05) is 6.61 Å². The predicted octanol–water partition coefficient (Wildman–Crippen LogP) is -0.798. The first-order valence-electron chi connectivity index (χ1n) is 6.02. The lowest BCUT2D eigenvalue weighted by Gasteiger charge is -2.27. The van der Waals surface area contributed by atoms with E-state index in [1.165, 1.54) is 0 Å². The second-order valence-corrected chi connectivity index (χ2v) is 4.21. The lowest BCUT2D eigenvalue weighted by atomic mass is 10.1. The van der Waals surface area contributed by atoms with Crippen molar-refractivity contribution in [3.63, 3.8) is 0 Å². The van der Waals surface area contributed by atoms with Gasteiger partial charge in [-0.15, -0.1) is 0 Å². The molecule has 7 nitrogen and oxygen atoms in total. The molecule has 7 heteroatoms. The van der Waals surface area contributed by atoms with Gasteiger partial charge in [-0.25, -0.2) is 4.79 Å². The fourth-order valence-corrected chi connectivity index (χ4v) is 1.28. The Morgan fingerprint density at radius 2 is 1.44 bits per heavy atom. The van der Waals surface area contributed by atoms with Crippen molar-refractivity contribution in [1.29, 1.82) is 0 Å². The molecule has 5 N–H and O–H groups in total. The highest BCUT2D eigenvalue weighted by atomic mass is 16.7. The average molecular weight is 266 g/mol. The number of carbonyl (C=O) groups excluding carboxylic acids is 1. The maximum Gasteiger partial charge on any atom is 0.375 e. The highest BCUT2D eigenvalue weighted by molar-refractivity contribution is 5.78. The summed E-state index contributed by atoms with van der Waals surface area (Å²) in [4.78, 5) is 11.0. The molecular formula is C11H22O7. The van der Waals surface area contributed by atoms with Crippen LogP contribution in [0.15, 0.2) is 0 Å². The van der Waals surface area contributed by atoms with Gasteiger partial charge in [0.25, 0.3) is 0 Å². The molecule has 0 rings (SSSR count). The Bertz CT molecular complexity index is 244. The Morgan fingerprint density at radius 1 is 0.944 bits per heavy atom. The van der Waals surface area contributed by atoms with Gasteiger partial charge in [-0.1, -0.05) is 39.0 Å². The molecule has 0 amide bonds. The van der Waals surface area contributed by atoms with Crippen LogP contribution in [0.1, 0.15) is 45.4 Å². The standard InChI is InChI=1S/C11H22O7/c1-2-3-4-5-6-7-8-18-9(12)10(13,14)11(15,16)17/h13-17H,2-8H2,1H3. The van der Waals surface area contributed by atoms with Crippen LogP contribution in [-0.4, -0.2) is 49.9 Å². The van der Waals surface area contributed by atoms with Gasteiger partial charge in [-0.3, -0.25) is 0 Å². The second-order valence-electron chi connectivity index (χ2n) is 4.21. The summed E-state index contributed by atoms with van der Waals surface area (Å²) >= 11 is 0. The highest BCUT2D eigenvalue weighted by Gasteiger charge is 2.54. The molecule has 0 saturated heterocycles. The number of hydrogen-bond acceptors (Lipinski definition) is 7. The van der Waals surface area contributed by atoms with Crippen molar-refractivity contribution in [3.8, 4) is 0 Å². The summed E-state index contributed by atoms with van der Waals surface area (Å²) in [6, 6.07) is 0. The summed E-state index contributed by atoms with van der Waals surface area (Å²) in [5.74, 6) is -9.41. The van der Waals surface area contributed by atoms with Crippen molar-refractivity contribution in [1.82, 2.24) is 0 Å². The van der Waals surface area contributed by atoms with Crippen LogP contribution in [0.4, 0.5) is 0 Å². The molecule has 18 heavy (non-hydrogen) atoms. The molecule has 108 valence electrons. The summed E-state index contributed by atoms with van der Waals surface area (Å²) in [6.07, 6.45) is 5.68. The van der Waals surface area contributed by atoms with E-state index in [1.54, 1.807) is 0 Å². The van der Waals surface area contributed by atoms with E-state index in [-0.39, 0.29) is 6.61 Å². The zero-order valence-corrected chi connectivity index (χ0v) is 10.5. The first kappa shape index (κ1) is 17.3. The summed E-state index contributed by atoms with van der Waals surface area (Å²) < 4.78 is 4.42. The maximum atomic E-state index is 11.0. The topological polar surface area (TPSA) is 127 Å². The van der Waals surface area contributed by atoms with E-state index in [9.17, 15) is 4.79 Å². The fourth-order valence-electron chi connectivity index (χ4n) is 1.28. The first-order valence-corrected chi connectivity index (χ1v) is 6.02. The molecule has 0 aliphatic heterocycles. The summed E-state index contributed by atoms with van der Waals surface area (Å²) in [5.41, 5.74) is 0. The van der Waals surface area contributed by atoms with E-state index in [1.807, 2.05) is 0 Å². The lowest BCUT2D eigenvalue weighted by molar-refractivity contribution is -0.433. The second kappa shape index (κ2) is 7.65. The molecule has 0 fully saturated rings. The number of unbranched alkanes of at least 4 members (excludes halogenated alkanes) is 5. The molecule has 0 spiro atoms. The number of esters is 1. The minimum atomic E-state index is -3.95. The minimum Gasteiger partial charge on any atom is -0.461 e. The van der Waals surface area contributed by atoms with Gasteiger partial charge in [-0.05, 0) is 6.42 Å². The first-order chi connectivity index (χ1) is 8.23. The number of ether oxygens (including phenoxy) is 1. The zero-order chi connectivity index (χ0) is 14.2. The van der Waals surface area contributed by atoms with Crippen LogP contribution in [0.5, 0.6) is 0 Å². The molecule has 0 aliphatic rings. The Hall–Kier alpha value is -0.730. The van der Waals surface area contributed by atoms with Crippen molar-refractivity contribution < 1.29 is 35.1 Å². The van der Waals surface area contributed by atoms with Gasteiger partial charge in [-0.2, -0.15) is 0 Å². The summed E-state index contributed by atoms with van der Waals surface area (Å²) in [5, 5.41) is 43.4. The van der Waals surface area contributed by atoms with Gasteiger partial charge in [0.15, 0.2) is 0 Å². The molecule has 0 unspecified atom stereocenters. The van der Waals surface area contributed by atoms with Crippen LogP contribution in [0.2, 0.25) is 0 Å². The molecular weight excluding hydrogens is 244 g/mol. The van der Waals surface area contributed by atoms with E-state index < -0.39 is 17.7 Å². The molecule has 0 aromatic heterocycles. The summed E-state index contributed by atoms with van der Waals surface area (Å²) in [7, 11) is 0. The monoisotopic (exact) mass is 266 g/mol. The molecule has 0 atom stereocenters. The molecule has 0 heterocycles. The van der Waals surface area contributed by atoms with Crippen molar-refractivity contribution in [2.24, 2.45) is 0 Å². The molecule has 0 aromatic carbocycles. The smallest absolute Gasteiger partial charge is 0.375 e. The third kappa shape index (κ3) is 5.74. The normalized spacial score (nSPS) is 12.6. The van der Waals surface area contributed by atoms with E-state index in [4.69, 9.17) is 25.5 Å².